The van der Waals surface area contributed by atoms with E-state index in [2.05, 4.69) is 20.8 Å². The first kappa shape index (κ1) is 25.9. The van der Waals surface area contributed by atoms with E-state index in [4.69, 9.17) is 23.7 Å². The second-order valence-electron chi connectivity index (χ2n) is 7.08. The molecule has 1 aromatic rings. The molecule has 0 spiro atoms. The lowest BCUT2D eigenvalue weighted by atomic mass is 10.1. The molecule has 0 amide bonds. The number of hydrogen-bond donors (Lipinski definition) is 0. The van der Waals surface area contributed by atoms with Gasteiger partial charge in [-0.3, -0.25) is 0 Å². The summed E-state index contributed by atoms with van der Waals surface area (Å²) in [6, 6.07) is 1.67. The number of carbonyl (C=O) groups is 1. The van der Waals surface area contributed by atoms with Crippen molar-refractivity contribution in [3.63, 3.8) is 0 Å². The van der Waals surface area contributed by atoms with Gasteiger partial charge in [0.2, 0.25) is 11.5 Å². The van der Waals surface area contributed by atoms with Gasteiger partial charge in [-0.2, -0.15) is 0 Å². The van der Waals surface area contributed by atoms with Crippen molar-refractivity contribution in [1.29, 1.82) is 0 Å². The molecule has 0 saturated heterocycles. The molecule has 0 bridgehead atoms. The van der Waals surface area contributed by atoms with Crippen LogP contribution in [0.25, 0.3) is 0 Å². The van der Waals surface area contributed by atoms with E-state index in [1.165, 1.54) is 0 Å². The molecule has 0 aliphatic rings. The number of benzene rings is 1. The van der Waals surface area contributed by atoms with Crippen LogP contribution in [-0.2, 0) is 4.74 Å². The second kappa shape index (κ2) is 15.7. The van der Waals surface area contributed by atoms with Crippen LogP contribution in [-0.4, -0.2) is 39.0 Å². The van der Waals surface area contributed by atoms with E-state index in [1.54, 1.807) is 6.07 Å². The normalized spacial score (nSPS) is 10.6. The van der Waals surface area contributed by atoms with E-state index < -0.39 is 5.97 Å². The van der Waals surface area contributed by atoms with Crippen molar-refractivity contribution in [2.75, 3.05) is 33.0 Å². The maximum atomic E-state index is 12.8. The highest BCUT2D eigenvalue weighted by atomic mass is 16.6. The average Bonchev–Trinajstić information content (AvgIpc) is 2.75. The fourth-order valence-corrected chi connectivity index (χ4v) is 2.65. The summed E-state index contributed by atoms with van der Waals surface area (Å²) in [4.78, 5) is 12.8. The molecule has 0 N–H and O–H groups in total. The SMILES string of the molecule is CCCCOc1cc(C(=O)OCCC)c(OCC)c(OCCCC)c1OCCCC. The van der Waals surface area contributed by atoms with Crippen molar-refractivity contribution in [3.05, 3.63) is 11.6 Å². The summed E-state index contributed by atoms with van der Waals surface area (Å²) >= 11 is 0. The molecule has 0 aliphatic carbocycles. The van der Waals surface area contributed by atoms with Crippen molar-refractivity contribution in [2.45, 2.75) is 79.6 Å². The summed E-state index contributed by atoms with van der Waals surface area (Å²) < 4.78 is 29.5. The van der Waals surface area contributed by atoms with Crippen LogP contribution in [0.3, 0.4) is 0 Å². The number of esters is 1. The number of unbranched alkanes of at least 4 members (excludes halogenated alkanes) is 3. The van der Waals surface area contributed by atoms with Crippen LogP contribution in [0, 0.1) is 0 Å². The van der Waals surface area contributed by atoms with E-state index in [-0.39, 0.29) is 0 Å². The largest absolute Gasteiger partial charge is 0.490 e. The third-order valence-corrected chi connectivity index (χ3v) is 4.35. The molecule has 0 heterocycles. The highest BCUT2D eigenvalue weighted by Gasteiger charge is 2.27. The first-order valence-corrected chi connectivity index (χ1v) is 11.5. The first-order valence-electron chi connectivity index (χ1n) is 11.5. The number of carbonyl (C=O) groups excluding carboxylic acids is 1. The van der Waals surface area contributed by atoms with Crippen LogP contribution >= 0.6 is 0 Å². The standard InChI is InChI=1S/C24H40O6/c1-6-11-15-27-20-18-19(24(25)30-14-9-4)21(26-10-5)23(29-17-13-8-3)22(20)28-16-12-7-2/h18H,6-17H2,1-5H3. The topological polar surface area (TPSA) is 63.2 Å². The summed E-state index contributed by atoms with van der Waals surface area (Å²) in [5.74, 6) is 1.35. The summed E-state index contributed by atoms with van der Waals surface area (Å²) in [5, 5.41) is 0. The predicted octanol–water partition coefficient (Wildman–Crippen LogP) is 6.19. The van der Waals surface area contributed by atoms with Crippen molar-refractivity contribution >= 4 is 5.97 Å². The van der Waals surface area contributed by atoms with E-state index in [0.717, 1.165) is 44.9 Å². The molecule has 0 aromatic heterocycles. The maximum absolute atomic E-state index is 12.8. The smallest absolute Gasteiger partial charge is 0.342 e. The monoisotopic (exact) mass is 424 g/mol. The lowest BCUT2D eigenvalue weighted by Crippen LogP contribution is -2.13. The molecule has 6 heteroatoms. The summed E-state index contributed by atoms with van der Waals surface area (Å²) in [6.45, 7) is 12.5. The van der Waals surface area contributed by atoms with Gasteiger partial charge in [-0.25, -0.2) is 4.79 Å². The van der Waals surface area contributed by atoms with Crippen molar-refractivity contribution in [1.82, 2.24) is 0 Å². The average molecular weight is 425 g/mol. The number of ether oxygens (including phenoxy) is 5. The molecule has 1 rings (SSSR count). The molecular formula is C24H40O6. The van der Waals surface area contributed by atoms with Gasteiger partial charge in [0.05, 0.1) is 33.0 Å². The third kappa shape index (κ3) is 8.33. The molecule has 0 atom stereocenters. The van der Waals surface area contributed by atoms with Crippen LogP contribution in [0.15, 0.2) is 6.07 Å². The Morgan fingerprint density at radius 3 is 1.77 bits per heavy atom. The summed E-state index contributed by atoms with van der Waals surface area (Å²) in [5.41, 5.74) is 0.311. The van der Waals surface area contributed by atoms with Crippen molar-refractivity contribution in [3.8, 4) is 23.0 Å². The van der Waals surface area contributed by atoms with Gasteiger partial charge in [0.25, 0.3) is 0 Å². The molecule has 172 valence electrons. The van der Waals surface area contributed by atoms with Gasteiger partial charge in [0.1, 0.15) is 5.56 Å². The van der Waals surface area contributed by atoms with Gasteiger partial charge < -0.3 is 23.7 Å². The molecular weight excluding hydrogens is 384 g/mol. The van der Waals surface area contributed by atoms with Crippen molar-refractivity contribution in [2.24, 2.45) is 0 Å². The Morgan fingerprint density at radius 1 is 0.667 bits per heavy atom. The van der Waals surface area contributed by atoms with Crippen LogP contribution < -0.4 is 18.9 Å². The first-order chi connectivity index (χ1) is 14.6. The Labute approximate surface area is 182 Å². The Bertz CT molecular complexity index is 614. The molecule has 0 saturated carbocycles. The Kier molecular flexibility index (Phi) is 13.6. The van der Waals surface area contributed by atoms with Gasteiger partial charge in [0.15, 0.2) is 11.5 Å². The van der Waals surface area contributed by atoms with Gasteiger partial charge in [-0.05, 0) is 32.6 Å². The van der Waals surface area contributed by atoms with E-state index in [0.29, 0.717) is 61.6 Å². The van der Waals surface area contributed by atoms with Crippen LogP contribution in [0.2, 0.25) is 0 Å². The Hall–Kier alpha value is -2.11. The molecule has 6 nitrogen and oxygen atoms in total. The fraction of sp³-hybridized carbons (Fsp3) is 0.708. The van der Waals surface area contributed by atoms with Gasteiger partial charge in [-0.15, -0.1) is 0 Å². The van der Waals surface area contributed by atoms with Crippen LogP contribution in [0.1, 0.15) is 89.9 Å². The minimum absolute atomic E-state index is 0.311. The third-order valence-electron chi connectivity index (χ3n) is 4.35. The lowest BCUT2D eigenvalue weighted by molar-refractivity contribution is 0.0498. The predicted molar refractivity (Wildman–Crippen MR) is 119 cm³/mol. The van der Waals surface area contributed by atoms with E-state index in [1.807, 2.05) is 13.8 Å². The molecule has 30 heavy (non-hydrogen) atoms. The number of hydrogen-bond acceptors (Lipinski definition) is 6. The Morgan fingerprint density at radius 2 is 1.23 bits per heavy atom. The van der Waals surface area contributed by atoms with E-state index in [9.17, 15) is 4.79 Å². The molecule has 0 aliphatic heterocycles. The molecule has 0 unspecified atom stereocenters. The zero-order valence-corrected chi connectivity index (χ0v) is 19.5. The quantitative estimate of drug-likeness (QED) is 0.219. The number of rotatable bonds is 17. The maximum Gasteiger partial charge on any atom is 0.342 e. The van der Waals surface area contributed by atoms with Gasteiger partial charge in [-0.1, -0.05) is 47.0 Å². The minimum Gasteiger partial charge on any atom is -0.490 e. The highest BCUT2D eigenvalue weighted by molar-refractivity contribution is 5.95. The molecule has 0 radical (unpaired) electrons. The van der Waals surface area contributed by atoms with Crippen LogP contribution in [0.5, 0.6) is 23.0 Å². The fourth-order valence-electron chi connectivity index (χ4n) is 2.65. The van der Waals surface area contributed by atoms with Gasteiger partial charge >= 0.3 is 5.97 Å². The Balaban J connectivity index is 3.47. The molecule has 0 fully saturated rings. The lowest BCUT2D eigenvalue weighted by Gasteiger charge is -2.22. The highest BCUT2D eigenvalue weighted by Crippen LogP contribution is 2.48. The summed E-state index contributed by atoms with van der Waals surface area (Å²) in [7, 11) is 0. The van der Waals surface area contributed by atoms with Crippen molar-refractivity contribution < 1.29 is 28.5 Å². The second-order valence-corrected chi connectivity index (χ2v) is 7.08. The van der Waals surface area contributed by atoms with Gasteiger partial charge in [0, 0.05) is 6.07 Å². The minimum atomic E-state index is -0.443. The zero-order valence-electron chi connectivity index (χ0n) is 19.5. The summed E-state index contributed by atoms with van der Waals surface area (Å²) in [6.07, 6.45) is 6.46. The van der Waals surface area contributed by atoms with E-state index >= 15 is 0 Å². The van der Waals surface area contributed by atoms with Crippen LogP contribution in [0.4, 0.5) is 0 Å². The zero-order chi connectivity index (χ0) is 22.2. The molecule has 1 aromatic carbocycles.